The van der Waals surface area contributed by atoms with Crippen LogP contribution >= 0.6 is 0 Å². The zero-order chi connectivity index (χ0) is 27.8. The van der Waals surface area contributed by atoms with Gasteiger partial charge in [0.2, 0.25) is 5.91 Å². The van der Waals surface area contributed by atoms with Crippen molar-refractivity contribution in [3.63, 3.8) is 0 Å². The van der Waals surface area contributed by atoms with E-state index >= 15 is 0 Å². The van der Waals surface area contributed by atoms with Gasteiger partial charge in [-0.2, -0.15) is 5.10 Å². The minimum absolute atomic E-state index is 0.0394. The van der Waals surface area contributed by atoms with Crippen LogP contribution in [0, 0.1) is 11.7 Å². The first kappa shape index (κ1) is 25.1. The number of aromatic amines is 2. The lowest BCUT2D eigenvalue weighted by molar-refractivity contribution is -0.117. The van der Waals surface area contributed by atoms with Crippen LogP contribution in [-0.2, 0) is 4.79 Å². The van der Waals surface area contributed by atoms with E-state index < -0.39 is 0 Å². The molecule has 6 aromatic rings. The molecule has 1 fully saturated rings. The number of nitrogens with zero attached hydrogens (tertiary/aromatic N) is 4. The average Bonchev–Trinajstić information content (AvgIpc) is 3.62. The van der Waals surface area contributed by atoms with Gasteiger partial charge in [-0.05, 0) is 60.7 Å². The third kappa shape index (κ3) is 4.95. The molecular formula is C32H28FN7O. The molecule has 1 aliphatic rings. The summed E-state index contributed by atoms with van der Waals surface area (Å²) in [5, 5.41) is 11.5. The van der Waals surface area contributed by atoms with Gasteiger partial charge in [0.25, 0.3) is 0 Å². The molecule has 3 N–H and O–H groups in total. The van der Waals surface area contributed by atoms with Crippen LogP contribution in [0.25, 0.3) is 55.8 Å². The van der Waals surface area contributed by atoms with Gasteiger partial charge in [-0.1, -0.05) is 37.5 Å². The Labute approximate surface area is 235 Å². The smallest absolute Gasteiger partial charge is 0.224 e. The Hall–Kier alpha value is -4.92. The van der Waals surface area contributed by atoms with Crippen LogP contribution in [0.15, 0.2) is 73.2 Å². The number of nitrogens with one attached hydrogen (secondary N) is 3. The fourth-order valence-electron chi connectivity index (χ4n) is 5.80. The fraction of sp³-hybridized carbons (Fsp3) is 0.219. The van der Waals surface area contributed by atoms with E-state index in [2.05, 4.69) is 30.5 Å². The van der Waals surface area contributed by atoms with Crippen LogP contribution in [0.3, 0.4) is 0 Å². The molecule has 4 heterocycles. The minimum Gasteiger partial charge on any atom is -0.336 e. The topological polar surface area (TPSA) is 112 Å². The van der Waals surface area contributed by atoms with Crippen molar-refractivity contribution in [2.75, 3.05) is 5.32 Å². The zero-order valence-electron chi connectivity index (χ0n) is 22.3. The molecule has 1 aliphatic carbocycles. The van der Waals surface area contributed by atoms with Crippen molar-refractivity contribution in [2.24, 2.45) is 5.92 Å². The number of halogens is 1. The van der Waals surface area contributed by atoms with E-state index in [1.165, 1.54) is 25.3 Å². The molecule has 8 nitrogen and oxygen atoms in total. The SMILES string of the molecule is O=C(CC1CCCCC1)Nc1cncc(-c2ccc3[nH]nc(-c4nc5c(-c6ccccc6F)nccc5[nH]4)c3c2)c1. The number of amides is 1. The number of carbonyl (C=O) groups is 1. The van der Waals surface area contributed by atoms with Gasteiger partial charge in [0.05, 0.1) is 22.9 Å². The zero-order valence-corrected chi connectivity index (χ0v) is 22.3. The first-order chi connectivity index (χ1) is 20.1. The highest BCUT2D eigenvalue weighted by atomic mass is 19.1. The van der Waals surface area contributed by atoms with Gasteiger partial charge in [0.15, 0.2) is 5.82 Å². The molecule has 0 spiro atoms. The lowest BCUT2D eigenvalue weighted by Gasteiger charge is -2.20. The molecule has 1 saturated carbocycles. The second kappa shape index (κ2) is 10.6. The monoisotopic (exact) mass is 545 g/mol. The van der Waals surface area contributed by atoms with Gasteiger partial charge in [0, 0.05) is 35.3 Å². The summed E-state index contributed by atoms with van der Waals surface area (Å²) in [7, 11) is 0. The molecule has 7 rings (SSSR count). The second-order valence-corrected chi connectivity index (χ2v) is 10.7. The number of fused-ring (bicyclic) bond motifs is 2. The first-order valence-electron chi connectivity index (χ1n) is 14.0. The number of rotatable bonds is 6. The molecule has 0 aliphatic heterocycles. The largest absolute Gasteiger partial charge is 0.336 e. The number of imidazole rings is 1. The van der Waals surface area contributed by atoms with Gasteiger partial charge in [-0.25, -0.2) is 9.37 Å². The van der Waals surface area contributed by atoms with E-state index in [0.717, 1.165) is 40.4 Å². The van der Waals surface area contributed by atoms with Crippen molar-refractivity contribution in [3.8, 4) is 33.9 Å². The molecule has 4 aromatic heterocycles. The number of anilines is 1. The Morgan fingerprint density at radius 1 is 0.951 bits per heavy atom. The van der Waals surface area contributed by atoms with E-state index in [-0.39, 0.29) is 11.7 Å². The number of carbonyl (C=O) groups excluding carboxylic acids is 1. The van der Waals surface area contributed by atoms with Crippen LogP contribution in [0.4, 0.5) is 10.1 Å². The Morgan fingerprint density at radius 2 is 1.83 bits per heavy atom. The maximum Gasteiger partial charge on any atom is 0.224 e. The minimum atomic E-state index is -0.354. The van der Waals surface area contributed by atoms with E-state index in [4.69, 9.17) is 4.98 Å². The molecule has 204 valence electrons. The Bertz CT molecular complexity index is 1890. The van der Waals surface area contributed by atoms with Crippen LogP contribution in [0.5, 0.6) is 0 Å². The lowest BCUT2D eigenvalue weighted by Crippen LogP contribution is -2.18. The molecule has 0 bridgehead atoms. The highest BCUT2D eigenvalue weighted by molar-refractivity contribution is 5.98. The van der Waals surface area contributed by atoms with Crippen LogP contribution in [-0.4, -0.2) is 36.0 Å². The molecule has 41 heavy (non-hydrogen) atoms. The fourth-order valence-corrected chi connectivity index (χ4v) is 5.80. The van der Waals surface area contributed by atoms with E-state index in [1.807, 2.05) is 30.3 Å². The van der Waals surface area contributed by atoms with Crippen molar-refractivity contribution >= 4 is 33.5 Å². The van der Waals surface area contributed by atoms with Crippen molar-refractivity contribution < 1.29 is 9.18 Å². The molecule has 1 amide bonds. The summed E-state index contributed by atoms with van der Waals surface area (Å²) < 4.78 is 14.6. The third-order valence-corrected chi connectivity index (χ3v) is 7.87. The van der Waals surface area contributed by atoms with Gasteiger partial charge in [0.1, 0.15) is 22.7 Å². The van der Waals surface area contributed by atoms with Gasteiger partial charge in [-0.15, -0.1) is 0 Å². The Morgan fingerprint density at radius 3 is 2.71 bits per heavy atom. The number of hydrogen-bond acceptors (Lipinski definition) is 5. The van der Waals surface area contributed by atoms with Crippen molar-refractivity contribution in [3.05, 3.63) is 79.0 Å². The maximum absolute atomic E-state index is 14.6. The third-order valence-electron chi connectivity index (χ3n) is 7.87. The van der Waals surface area contributed by atoms with Gasteiger partial charge >= 0.3 is 0 Å². The van der Waals surface area contributed by atoms with Crippen LogP contribution in [0.1, 0.15) is 38.5 Å². The summed E-state index contributed by atoms with van der Waals surface area (Å²) in [4.78, 5) is 29.6. The highest BCUT2D eigenvalue weighted by Crippen LogP contribution is 2.33. The van der Waals surface area contributed by atoms with Crippen LogP contribution in [0.2, 0.25) is 0 Å². The summed E-state index contributed by atoms with van der Waals surface area (Å²) >= 11 is 0. The average molecular weight is 546 g/mol. The molecular weight excluding hydrogens is 517 g/mol. The number of hydrogen-bond donors (Lipinski definition) is 3. The second-order valence-electron chi connectivity index (χ2n) is 10.7. The number of aromatic nitrogens is 6. The number of H-pyrrole nitrogens is 2. The van der Waals surface area contributed by atoms with Crippen molar-refractivity contribution in [1.82, 2.24) is 30.1 Å². The molecule has 0 radical (unpaired) electrons. The lowest BCUT2D eigenvalue weighted by atomic mass is 9.87. The Kier molecular flexibility index (Phi) is 6.47. The van der Waals surface area contributed by atoms with E-state index in [9.17, 15) is 9.18 Å². The quantitative estimate of drug-likeness (QED) is 0.204. The number of benzene rings is 2. The first-order valence-corrected chi connectivity index (χ1v) is 14.0. The summed E-state index contributed by atoms with van der Waals surface area (Å²) in [5.74, 6) is 0.708. The summed E-state index contributed by atoms with van der Waals surface area (Å²) in [6, 6.07) is 16.3. The van der Waals surface area contributed by atoms with Crippen molar-refractivity contribution in [2.45, 2.75) is 38.5 Å². The highest BCUT2D eigenvalue weighted by Gasteiger charge is 2.19. The van der Waals surface area contributed by atoms with Gasteiger partial charge < -0.3 is 10.3 Å². The van der Waals surface area contributed by atoms with Crippen LogP contribution < -0.4 is 5.32 Å². The standard InChI is InChI=1S/C32H28FN7O/c33-25-9-5-4-8-23(25)29-31-27(12-13-35-29)37-32(38-31)30-24-16-20(10-11-26(24)39-40-30)21-15-22(18-34-17-21)36-28(41)14-19-6-2-1-3-7-19/h4-5,8-13,15-19H,1-3,6-7,14H2,(H,36,41)(H,37,38)(H,39,40). The Balaban J connectivity index is 1.20. The molecule has 0 atom stereocenters. The van der Waals surface area contributed by atoms with E-state index in [0.29, 0.717) is 46.3 Å². The maximum atomic E-state index is 14.6. The molecule has 9 heteroatoms. The molecule has 0 unspecified atom stereocenters. The molecule has 0 saturated heterocycles. The van der Waals surface area contributed by atoms with Gasteiger partial charge in [-0.3, -0.25) is 19.9 Å². The summed E-state index contributed by atoms with van der Waals surface area (Å²) in [5.41, 5.74) is 6.15. The molecule has 2 aromatic carbocycles. The van der Waals surface area contributed by atoms with Crippen molar-refractivity contribution in [1.29, 1.82) is 0 Å². The normalized spacial score (nSPS) is 14.1. The summed E-state index contributed by atoms with van der Waals surface area (Å²) in [6.07, 6.45) is 11.6. The van der Waals surface area contributed by atoms with E-state index in [1.54, 1.807) is 36.8 Å². The number of pyridine rings is 2. The summed E-state index contributed by atoms with van der Waals surface area (Å²) in [6.45, 7) is 0. The predicted octanol–water partition coefficient (Wildman–Crippen LogP) is 7.28. The predicted molar refractivity (Wildman–Crippen MR) is 157 cm³/mol.